The molecular weight excluding hydrogens is 285 g/mol. The Morgan fingerprint density at radius 3 is 2.71 bits per heavy atom. The molecule has 0 radical (unpaired) electrons. The molecule has 2 nitrogen and oxygen atoms in total. The van der Waals surface area contributed by atoms with Crippen molar-refractivity contribution in [3.63, 3.8) is 0 Å². The molecule has 0 atom stereocenters. The molecule has 0 heterocycles. The lowest BCUT2D eigenvalue weighted by atomic mass is 10.0. The van der Waals surface area contributed by atoms with Crippen molar-refractivity contribution >= 4 is 21.8 Å². The zero-order valence-electron chi connectivity index (χ0n) is 10.3. The van der Waals surface area contributed by atoms with Crippen molar-refractivity contribution in [1.82, 2.24) is 5.32 Å². The molecule has 0 aromatic heterocycles. The van der Waals surface area contributed by atoms with Crippen molar-refractivity contribution < 1.29 is 9.18 Å². The first-order valence-electron chi connectivity index (χ1n) is 5.50. The van der Waals surface area contributed by atoms with Crippen molar-refractivity contribution in [2.45, 2.75) is 32.7 Å². The summed E-state index contributed by atoms with van der Waals surface area (Å²) in [5.41, 5.74) is 0.866. The summed E-state index contributed by atoms with van der Waals surface area (Å²) < 4.78 is 13.1. The highest BCUT2D eigenvalue weighted by Gasteiger charge is 2.21. The van der Waals surface area contributed by atoms with Crippen LogP contribution in [0.15, 0.2) is 18.2 Å². The Labute approximate surface area is 110 Å². The molecule has 1 aromatic carbocycles. The van der Waals surface area contributed by atoms with Crippen LogP contribution in [0.4, 0.5) is 4.39 Å². The number of carbonyl (C=O) groups excluding carboxylic acids is 1. The highest BCUT2D eigenvalue weighted by Crippen LogP contribution is 2.14. The Balaban J connectivity index is 2.86. The molecule has 0 aliphatic carbocycles. The summed E-state index contributed by atoms with van der Waals surface area (Å²) in [4.78, 5) is 12.0. The van der Waals surface area contributed by atoms with Crippen LogP contribution in [0.1, 0.15) is 36.2 Å². The molecule has 0 saturated heterocycles. The van der Waals surface area contributed by atoms with E-state index < -0.39 is 0 Å². The van der Waals surface area contributed by atoms with Gasteiger partial charge in [0.2, 0.25) is 0 Å². The maximum atomic E-state index is 13.1. The third-order valence-corrected chi connectivity index (χ3v) is 3.01. The second kappa shape index (κ2) is 5.63. The summed E-state index contributed by atoms with van der Waals surface area (Å²) in [6.45, 7) is 5.69. The third-order valence-electron chi connectivity index (χ3n) is 2.62. The van der Waals surface area contributed by atoms with E-state index in [0.29, 0.717) is 5.56 Å². The van der Waals surface area contributed by atoms with Crippen LogP contribution in [-0.2, 0) is 0 Å². The van der Waals surface area contributed by atoms with Gasteiger partial charge in [0, 0.05) is 16.4 Å². The Bertz CT molecular complexity index is 418. The minimum Gasteiger partial charge on any atom is -0.347 e. The van der Waals surface area contributed by atoms with E-state index in [9.17, 15) is 9.18 Å². The molecule has 0 saturated carbocycles. The first-order valence-corrected chi connectivity index (χ1v) is 6.62. The molecule has 0 bridgehead atoms. The minimum atomic E-state index is -0.390. The van der Waals surface area contributed by atoms with Gasteiger partial charge >= 0.3 is 0 Å². The molecule has 1 N–H and O–H groups in total. The zero-order valence-corrected chi connectivity index (χ0v) is 11.9. The number of halogens is 2. The molecule has 17 heavy (non-hydrogen) atoms. The molecule has 1 aromatic rings. The Morgan fingerprint density at radius 2 is 2.12 bits per heavy atom. The molecule has 0 aliphatic heterocycles. The second-order valence-corrected chi connectivity index (χ2v) is 5.53. The average molecular weight is 302 g/mol. The van der Waals surface area contributed by atoms with Crippen LogP contribution >= 0.6 is 15.9 Å². The van der Waals surface area contributed by atoms with Gasteiger partial charge in [-0.05, 0) is 44.9 Å². The van der Waals surface area contributed by atoms with Crippen LogP contribution in [0, 0.1) is 12.7 Å². The number of hydrogen-bond donors (Lipinski definition) is 1. The van der Waals surface area contributed by atoms with Gasteiger partial charge in [-0.15, -0.1) is 0 Å². The quantitative estimate of drug-likeness (QED) is 0.848. The molecule has 0 fully saturated rings. The lowest BCUT2D eigenvalue weighted by Crippen LogP contribution is -2.43. The number of amides is 1. The number of aryl methyl sites for hydroxylation is 1. The number of nitrogens with one attached hydrogen (secondary N) is 1. The van der Waals surface area contributed by atoms with Crippen molar-refractivity contribution in [1.29, 1.82) is 0 Å². The van der Waals surface area contributed by atoms with E-state index in [1.165, 1.54) is 12.1 Å². The van der Waals surface area contributed by atoms with E-state index in [4.69, 9.17) is 0 Å². The van der Waals surface area contributed by atoms with E-state index >= 15 is 0 Å². The second-order valence-electron chi connectivity index (χ2n) is 4.74. The molecule has 4 heteroatoms. The Kier molecular flexibility index (Phi) is 4.69. The van der Waals surface area contributed by atoms with Crippen LogP contribution in [0.2, 0.25) is 0 Å². The lowest BCUT2D eigenvalue weighted by Gasteiger charge is -2.25. The molecule has 0 spiro atoms. The van der Waals surface area contributed by atoms with Crippen molar-refractivity contribution in [3.05, 3.63) is 35.1 Å². The predicted molar refractivity (Wildman–Crippen MR) is 71.1 cm³/mol. The molecule has 94 valence electrons. The summed E-state index contributed by atoms with van der Waals surface area (Å²) >= 11 is 3.35. The van der Waals surface area contributed by atoms with Crippen LogP contribution in [0.5, 0.6) is 0 Å². The zero-order chi connectivity index (χ0) is 13.1. The molecule has 0 unspecified atom stereocenters. The van der Waals surface area contributed by atoms with E-state index in [-0.39, 0.29) is 17.3 Å². The van der Waals surface area contributed by atoms with E-state index in [2.05, 4.69) is 21.2 Å². The predicted octanol–water partition coefficient (Wildman–Crippen LogP) is 3.43. The van der Waals surface area contributed by atoms with Gasteiger partial charge < -0.3 is 5.32 Å². The molecule has 1 amide bonds. The fourth-order valence-corrected chi connectivity index (χ4v) is 2.50. The molecular formula is C13H17BrFNO. The average Bonchev–Trinajstić information content (AvgIpc) is 2.20. The topological polar surface area (TPSA) is 29.1 Å². The molecule has 0 aliphatic rings. The third kappa shape index (κ3) is 4.11. The van der Waals surface area contributed by atoms with Crippen molar-refractivity contribution in [2.75, 3.05) is 5.33 Å². The van der Waals surface area contributed by atoms with E-state index in [1.807, 2.05) is 13.8 Å². The monoisotopic (exact) mass is 301 g/mol. The van der Waals surface area contributed by atoms with Crippen LogP contribution in [0.25, 0.3) is 0 Å². The van der Waals surface area contributed by atoms with Crippen LogP contribution < -0.4 is 5.32 Å². The summed E-state index contributed by atoms with van der Waals surface area (Å²) in [7, 11) is 0. The number of alkyl halides is 1. The number of rotatable bonds is 4. The Hall–Kier alpha value is -0.900. The first kappa shape index (κ1) is 14.2. The Morgan fingerprint density at radius 1 is 1.47 bits per heavy atom. The number of benzene rings is 1. The largest absolute Gasteiger partial charge is 0.347 e. The van der Waals surface area contributed by atoms with Gasteiger partial charge in [-0.1, -0.05) is 22.0 Å². The maximum Gasteiger partial charge on any atom is 0.252 e. The number of carbonyl (C=O) groups is 1. The maximum absolute atomic E-state index is 13.1. The normalized spacial score (nSPS) is 11.4. The standard InChI is InChI=1S/C13H17BrFNO/c1-9-4-5-10(15)8-11(9)12(17)16-13(2,3)6-7-14/h4-5,8H,6-7H2,1-3H3,(H,16,17). The summed E-state index contributed by atoms with van der Waals surface area (Å²) in [6.07, 6.45) is 0.813. The van der Waals surface area contributed by atoms with E-state index in [0.717, 1.165) is 17.3 Å². The highest BCUT2D eigenvalue weighted by molar-refractivity contribution is 9.09. The van der Waals surface area contributed by atoms with Gasteiger partial charge in [0.1, 0.15) is 5.82 Å². The van der Waals surface area contributed by atoms with Gasteiger partial charge in [-0.25, -0.2) is 4.39 Å². The van der Waals surface area contributed by atoms with Crippen LogP contribution in [0.3, 0.4) is 0 Å². The summed E-state index contributed by atoms with van der Waals surface area (Å²) in [5.74, 6) is -0.619. The smallest absolute Gasteiger partial charge is 0.252 e. The van der Waals surface area contributed by atoms with Crippen molar-refractivity contribution in [2.24, 2.45) is 0 Å². The lowest BCUT2D eigenvalue weighted by molar-refractivity contribution is 0.0911. The summed E-state index contributed by atoms with van der Waals surface area (Å²) in [6, 6.07) is 4.24. The van der Waals surface area contributed by atoms with E-state index in [1.54, 1.807) is 13.0 Å². The van der Waals surface area contributed by atoms with Gasteiger partial charge in [0.15, 0.2) is 0 Å². The fraction of sp³-hybridized carbons (Fsp3) is 0.462. The van der Waals surface area contributed by atoms with Crippen LogP contribution in [-0.4, -0.2) is 16.8 Å². The van der Waals surface area contributed by atoms with Crippen molar-refractivity contribution in [3.8, 4) is 0 Å². The minimum absolute atomic E-state index is 0.229. The van der Waals surface area contributed by atoms with Gasteiger partial charge in [-0.2, -0.15) is 0 Å². The van der Waals surface area contributed by atoms with Gasteiger partial charge in [0.25, 0.3) is 5.91 Å². The van der Waals surface area contributed by atoms with Gasteiger partial charge in [0.05, 0.1) is 0 Å². The summed E-state index contributed by atoms with van der Waals surface area (Å²) in [5, 5.41) is 3.71. The van der Waals surface area contributed by atoms with Gasteiger partial charge in [-0.3, -0.25) is 4.79 Å². The fourth-order valence-electron chi connectivity index (χ4n) is 1.51. The molecule has 1 rings (SSSR count). The highest BCUT2D eigenvalue weighted by atomic mass is 79.9. The number of hydrogen-bond acceptors (Lipinski definition) is 1. The first-order chi connectivity index (χ1) is 7.85. The SMILES string of the molecule is Cc1ccc(F)cc1C(=O)NC(C)(C)CCBr.